The number of carbonyl (C=O) groups is 2. The fourth-order valence-corrected chi connectivity index (χ4v) is 5.55. The highest BCUT2D eigenvalue weighted by atomic mass is 19.1. The van der Waals surface area contributed by atoms with Crippen molar-refractivity contribution in [3.63, 3.8) is 0 Å². The summed E-state index contributed by atoms with van der Waals surface area (Å²) in [7, 11) is 0. The van der Waals surface area contributed by atoms with E-state index >= 15 is 4.39 Å². The van der Waals surface area contributed by atoms with Gasteiger partial charge in [0.2, 0.25) is 0 Å². The normalized spacial score (nSPS) is 15.7. The van der Waals surface area contributed by atoms with Gasteiger partial charge in [0.05, 0.1) is 37.6 Å². The third kappa shape index (κ3) is 7.06. The number of pyridine rings is 1. The third-order valence-electron chi connectivity index (χ3n) is 7.98. The molecule has 2 fully saturated rings. The van der Waals surface area contributed by atoms with E-state index in [2.05, 4.69) is 9.88 Å². The molecule has 10 nitrogen and oxygen atoms in total. The summed E-state index contributed by atoms with van der Waals surface area (Å²) in [4.78, 5) is 35.0. The number of aliphatic hydroxyl groups is 1. The molecule has 4 aromatic rings. The zero-order valence-electron chi connectivity index (χ0n) is 24.9. The lowest BCUT2D eigenvalue weighted by molar-refractivity contribution is -0.116. The van der Waals surface area contributed by atoms with Crippen molar-refractivity contribution in [1.29, 1.82) is 0 Å². The molecule has 234 valence electrons. The van der Waals surface area contributed by atoms with Gasteiger partial charge in [-0.05, 0) is 42.7 Å². The number of nitrogens with zero attached hydrogens (tertiary/aromatic N) is 4. The van der Waals surface area contributed by atoms with Crippen LogP contribution in [0.25, 0.3) is 10.9 Å². The van der Waals surface area contributed by atoms with Gasteiger partial charge in [0, 0.05) is 55.5 Å². The van der Waals surface area contributed by atoms with Crippen LogP contribution in [-0.2, 0) is 22.6 Å². The van der Waals surface area contributed by atoms with E-state index in [1.807, 2.05) is 30.3 Å². The number of aromatic nitrogens is 1. The molecule has 0 unspecified atom stereocenters. The average molecular weight is 615 g/mol. The van der Waals surface area contributed by atoms with E-state index in [4.69, 9.17) is 14.2 Å². The monoisotopic (exact) mass is 614 g/mol. The van der Waals surface area contributed by atoms with Crippen molar-refractivity contribution in [2.75, 3.05) is 57.4 Å². The van der Waals surface area contributed by atoms with E-state index < -0.39 is 17.8 Å². The number of hydrogen-bond acceptors (Lipinski definition) is 8. The lowest BCUT2D eigenvalue weighted by Gasteiger charge is -2.26. The predicted octanol–water partition coefficient (Wildman–Crippen LogP) is 4.77. The van der Waals surface area contributed by atoms with Gasteiger partial charge in [0.15, 0.2) is 11.6 Å². The fourth-order valence-electron chi connectivity index (χ4n) is 5.55. The molecule has 3 amide bonds. The summed E-state index contributed by atoms with van der Waals surface area (Å²) < 4.78 is 32.7. The number of morpholine rings is 1. The second-order valence-electron chi connectivity index (χ2n) is 11.0. The molecule has 0 bridgehead atoms. The number of benzene rings is 3. The van der Waals surface area contributed by atoms with Crippen LogP contribution in [-0.4, -0.2) is 84.4 Å². The number of hydrogen-bond donors (Lipinski definition) is 1. The summed E-state index contributed by atoms with van der Waals surface area (Å²) in [5, 5.41) is 10.6. The van der Waals surface area contributed by atoms with Crippen molar-refractivity contribution in [3.8, 4) is 17.2 Å². The number of amides is 3. The molecule has 2 aliphatic heterocycles. The molecular weight excluding hydrogens is 579 g/mol. The van der Waals surface area contributed by atoms with Crippen molar-refractivity contribution in [2.24, 2.45) is 0 Å². The lowest BCUT2D eigenvalue weighted by Crippen LogP contribution is -2.37. The van der Waals surface area contributed by atoms with E-state index in [0.717, 1.165) is 55.8 Å². The maximum absolute atomic E-state index is 15.4. The van der Waals surface area contributed by atoms with Gasteiger partial charge in [0.1, 0.15) is 18.0 Å². The topological polar surface area (TPSA) is 105 Å². The Morgan fingerprint density at radius 2 is 1.76 bits per heavy atom. The number of carbonyl (C=O) groups excluding carboxylic acids is 2. The first-order valence-corrected chi connectivity index (χ1v) is 15.1. The summed E-state index contributed by atoms with van der Waals surface area (Å²) in [6.45, 7) is 4.75. The van der Waals surface area contributed by atoms with E-state index in [9.17, 15) is 14.7 Å². The number of urea groups is 1. The quantitative estimate of drug-likeness (QED) is 0.180. The van der Waals surface area contributed by atoms with Gasteiger partial charge in [-0.2, -0.15) is 0 Å². The molecule has 3 heterocycles. The van der Waals surface area contributed by atoms with Crippen LogP contribution >= 0.6 is 0 Å². The third-order valence-corrected chi connectivity index (χ3v) is 7.98. The molecule has 6 rings (SSSR count). The highest BCUT2D eigenvalue weighted by Crippen LogP contribution is 2.35. The molecule has 3 aromatic carbocycles. The van der Waals surface area contributed by atoms with Crippen molar-refractivity contribution in [1.82, 2.24) is 14.8 Å². The van der Waals surface area contributed by atoms with Crippen LogP contribution in [0.4, 0.5) is 14.9 Å². The summed E-state index contributed by atoms with van der Waals surface area (Å²) in [6, 6.07) is 18.3. The Hall–Kier alpha value is -4.58. The van der Waals surface area contributed by atoms with Crippen LogP contribution < -0.4 is 14.4 Å². The molecule has 1 aromatic heterocycles. The number of halogens is 1. The van der Waals surface area contributed by atoms with Crippen LogP contribution in [0.2, 0.25) is 0 Å². The number of rotatable bonds is 12. The predicted molar refractivity (Wildman–Crippen MR) is 166 cm³/mol. The highest BCUT2D eigenvalue weighted by molar-refractivity contribution is 6.19. The molecule has 1 N–H and O–H groups in total. The van der Waals surface area contributed by atoms with E-state index in [1.54, 1.807) is 24.4 Å². The van der Waals surface area contributed by atoms with Gasteiger partial charge < -0.3 is 24.2 Å². The Bertz CT molecular complexity index is 1660. The number of aliphatic hydroxyl groups excluding tert-OH is 1. The SMILES string of the molecule is O=C1CN(CCc2ccccc2)C(=O)N1c1ccc(Oc2ccnc3cc(OCCCN4CCOCC4)c(CO)cc23)c(F)c1. The molecular formula is C34H35FN4O6. The molecule has 11 heteroatoms. The average Bonchev–Trinajstić information content (AvgIpc) is 3.35. The number of anilines is 1. The Kier molecular flexibility index (Phi) is 9.49. The smallest absolute Gasteiger partial charge is 0.331 e. The Balaban J connectivity index is 1.13. The number of imide groups is 1. The molecule has 0 atom stereocenters. The zero-order valence-corrected chi connectivity index (χ0v) is 24.9. The Morgan fingerprint density at radius 1 is 0.933 bits per heavy atom. The number of ether oxygens (including phenoxy) is 3. The molecule has 2 aliphatic rings. The van der Waals surface area contributed by atoms with Crippen molar-refractivity contribution in [2.45, 2.75) is 19.4 Å². The van der Waals surface area contributed by atoms with Gasteiger partial charge in [-0.3, -0.25) is 14.7 Å². The standard InChI is InChI=1S/C34H35FN4O6/c35-28-20-26(39-33(41)22-38(34(39)42)13-10-24-5-2-1-3-6-24)7-8-31(28)45-30-9-11-36-29-21-32(25(23-40)19-27(29)30)44-16-4-12-37-14-17-43-18-15-37/h1-3,5-9,11,19-21,40H,4,10,12-18,22-23H2. The largest absolute Gasteiger partial charge is 0.493 e. The van der Waals surface area contributed by atoms with Gasteiger partial charge in [0.25, 0.3) is 5.91 Å². The van der Waals surface area contributed by atoms with Crippen LogP contribution in [0, 0.1) is 5.82 Å². The maximum atomic E-state index is 15.4. The summed E-state index contributed by atoms with van der Waals surface area (Å²) in [6.07, 6.45) is 2.99. The molecule has 0 spiro atoms. The number of fused-ring (bicyclic) bond motifs is 1. The molecule has 0 radical (unpaired) electrons. The Labute approximate surface area is 260 Å². The van der Waals surface area contributed by atoms with Crippen molar-refractivity contribution < 1.29 is 33.3 Å². The molecule has 2 saturated heterocycles. The van der Waals surface area contributed by atoms with Gasteiger partial charge >= 0.3 is 6.03 Å². The first kappa shape index (κ1) is 30.4. The van der Waals surface area contributed by atoms with Gasteiger partial charge in [-0.15, -0.1) is 0 Å². The molecule has 0 aliphatic carbocycles. The van der Waals surface area contributed by atoms with E-state index in [0.29, 0.717) is 47.5 Å². The second-order valence-corrected chi connectivity index (χ2v) is 11.0. The summed E-state index contributed by atoms with van der Waals surface area (Å²) in [5.41, 5.74) is 2.32. The second kappa shape index (κ2) is 14.0. The molecule has 0 saturated carbocycles. The first-order chi connectivity index (χ1) is 22.0. The maximum Gasteiger partial charge on any atom is 0.331 e. The van der Waals surface area contributed by atoms with E-state index in [-0.39, 0.29) is 24.6 Å². The van der Waals surface area contributed by atoms with E-state index in [1.165, 1.54) is 17.0 Å². The fraction of sp³-hybridized carbons (Fsp3) is 0.324. The van der Waals surface area contributed by atoms with Crippen LogP contribution in [0.3, 0.4) is 0 Å². The summed E-state index contributed by atoms with van der Waals surface area (Å²) in [5.74, 6) is -0.369. The van der Waals surface area contributed by atoms with Gasteiger partial charge in [-0.1, -0.05) is 30.3 Å². The zero-order chi connectivity index (χ0) is 31.2. The van der Waals surface area contributed by atoms with Gasteiger partial charge in [-0.25, -0.2) is 14.1 Å². The minimum absolute atomic E-state index is 0.0681. The minimum atomic E-state index is -0.733. The summed E-state index contributed by atoms with van der Waals surface area (Å²) >= 11 is 0. The van der Waals surface area contributed by atoms with Crippen LogP contribution in [0.15, 0.2) is 72.9 Å². The van der Waals surface area contributed by atoms with Crippen molar-refractivity contribution in [3.05, 3.63) is 89.9 Å². The Morgan fingerprint density at radius 3 is 2.53 bits per heavy atom. The lowest BCUT2D eigenvalue weighted by atomic mass is 10.1. The highest BCUT2D eigenvalue weighted by Gasteiger charge is 2.37. The van der Waals surface area contributed by atoms with Crippen molar-refractivity contribution >= 4 is 28.5 Å². The van der Waals surface area contributed by atoms with Crippen LogP contribution in [0.5, 0.6) is 17.2 Å². The molecule has 45 heavy (non-hydrogen) atoms. The van der Waals surface area contributed by atoms with Crippen LogP contribution in [0.1, 0.15) is 17.5 Å². The first-order valence-electron chi connectivity index (χ1n) is 15.1. The minimum Gasteiger partial charge on any atom is -0.493 e.